The van der Waals surface area contributed by atoms with Crippen molar-refractivity contribution < 1.29 is 9.53 Å². The zero-order valence-electron chi connectivity index (χ0n) is 16.3. The third-order valence-electron chi connectivity index (χ3n) is 6.21. The molecule has 2 aromatic carbocycles. The molecule has 8 heteroatoms. The fourth-order valence-corrected chi connectivity index (χ4v) is 5.28. The quantitative estimate of drug-likeness (QED) is 0.658. The lowest BCUT2D eigenvalue weighted by Crippen LogP contribution is -2.56. The maximum atomic E-state index is 11.9. The number of hydrogen-bond acceptors (Lipinski definition) is 4. The number of aromatic nitrogens is 2. The predicted molar refractivity (Wildman–Crippen MR) is 117 cm³/mol. The highest BCUT2D eigenvalue weighted by Gasteiger charge is 2.40. The molecule has 2 saturated heterocycles. The molecule has 156 valence electrons. The lowest BCUT2D eigenvalue weighted by Gasteiger charge is -2.48. The van der Waals surface area contributed by atoms with Crippen LogP contribution in [-0.2, 0) is 11.3 Å². The van der Waals surface area contributed by atoms with Gasteiger partial charge in [-0.3, -0.25) is 14.4 Å². The van der Waals surface area contributed by atoms with Gasteiger partial charge in [-0.1, -0.05) is 47.5 Å². The van der Waals surface area contributed by atoms with Crippen LogP contribution in [0.25, 0.3) is 10.9 Å². The van der Waals surface area contributed by atoms with Gasteiger partial charge in [-0.15, -0.1) is 0 Å². The molecule has 1 amide bonds. The molecule has 1 aromatic heterocycles. The van der Waals surface area contributed by atoms with Crippen molar-refractivity contribution in [3.63, 3.8) is 0 Å². The maximum Gasteiger partial charge on any atom is 0.269 e. The number of rotatable bonds is 4. The van der Waals surface area contributed by atoms with Crippen LogP contribution in [0.1, 0.15) is 34.9 Å². The second-order valence-corrected chi connectivity index (χ2v) is 8.90. The normalized spacial score (nSPS) is 24.3. The molecule has 3 aromatic rings. The molecule has 2 unspecified atom stereocenters. The maximum absolute atomic E-state index is 11.9. The summed E-state index contributed by atoms with van der Waals surface area (Å²) in [5.74, 6) is -0.497. The van der Waals surface area contributed by atoms with Crippen molar-refractivity contribution in [2.75, 3.05) is 13.2 Å². The van der Waals surface area contributed by atoms with E-state index in [2.05, 4.69) is 10.00 Å². The van der Waals surface area contributed by atoms with Crippen LogP contribution in [0.5, 0.6) is 0 Å². The average Bonchev–Trinajstić information content (AvgIpc) is 3.10. The number of para-hydroxylation sites is 1. The summed E-state index contributed by atoms with van der Waals surface area (Å²) in [7, 11) is 0. The average molecular weight is 445 g/mol. The van der Waals surface area contributed by atoms with Gasteiger partial charge in [0.1, 0.15) is 0 Å². The van der Waals surface area contributed by atoms with Gasteiger partial charge in [-0.25, -0.2) is 0 Å². The number of hydrogen-bond donors (Lipinski definition) is 1. The van der Waals surface area contributed by atoms with Crippen molar-refractivity contribution in [2.45, 2.75) is 37.5 Å². The molecule has 0 spiro atoms. The molecule has 3 heterocycles. The van der Waals surface area contributed by atoms with Crippen molar-refractivity contribution in [1.29, 1.82) is 0 Å². The topological polar surface area (TPSA) is 73.4 Å². The molecule has 30 heavy (non-hydrogen) atoms. The number of fused-ring (bicyclic) bond motifs is 3. The van der Waals surface area contributed by atoms with Crippen molar-refractivity contribution in [3.05, 3.63) is 63.8 Å². The lowest BCUT2D eigenvalue weighted by atomic mass is 9.89. The molecule has 2 aliphatic rings. The first-order chi connectivity index (χ1) is 14.5. The molecule has 2 atom stereocenters. The highest BCUT2D eigenvalue weighted by Crippen LogP contribution is 2.38. The highest BCUT2D eigenvalue weighted by molar-refractivity contribution is 6.35. The minimum absolute atomic E-state index is 0.179. The summed E-state index contributed by atoms with van der Waals surface area (Å²) in [5.41, 5.74) is 7.93. The van der Waals surface area contributed by atoms with Crippen LogP contribution in [0.3, 0.4) is 0 Å². The van der Waals surface area contributed by atoms with E-state index in [0.29, 0.717) is 29.0 Å². The van der Waals surface area contributed by atoms with Crippen LogP contribution in [0.15, 0.2) is 42.5 Å². The molecule has 0 saturated carbocycles. The number of primary amides is 1. The molecule has 2 bridgehead atoms. The van der Waals surface area contributed by atoms with Crippen molar-refractivity contribution >= 4 is 40.0 Å². The molecular weight excluding hydrogens is 423 g/mol. The Bertz CT molecular complexity index is 1100. The number of nitrogens with two attached hydrogens (primary N) is 1. The van der Waals surface area contributed by atoms with E-state index in [1.807, 2.05) is 41.1 Å². The third-order valence-corrected chi connectivity index (χ3v) is 6.79. The number of piperidine rings is 1. The van der Waals surface area contributed by atoms with E-state index in [1.54, 1.807) is 6.07 Å². The Morgan fingerprint density at radius 3 is 2.53 bits per heavy atom. The van der Waals surface area contributed by atoms with Gasteiger partial charge in [-0.2, -0.15) is 5.10 Å². The molecular formula is C22H22Cl2N4O2. The SMILES string of the molecule is NC(=O)c1nn(C2CC3COCC(C2)N3Cc2ccc(Cl)cc2Cl)c2ccccc12. The van der Waals surface area contributed by atoms with Crippen molar-refractivity contribution in [3.8, 4) is 0 Å². The molecule has 5 rings (SSSR count). The third kappa shape index (κ3) is 3.48. The summed E-state index contributed by atoms with van der Waals surface area (Å²) in [4.78, 5) is 14.4. The predicted octanol–water partition coefficient (Wildman–Crippen LogP) is 4.05. The molecule has 0 aliphatic carbocycles. The van der Waals surface area contributed by atoms with Crippen molar-refractivity contribution in [1.82, 2.24) is 14.7 Å². The van der Waals surface area contributed by atoms with Crippen LogP contribution in [0.2, 0.25) is 10.0 Å². The molecule has 2 aliphatic heterocycles. The van der Waals surface area contributed by atoms with Gasteiger partial charge >= 0.3 is 0 Å². The van der Waals surface area contributed by atoms with E-state index in [1.165, 1.54) is 0 Å². The Morgan fingerprint density at radius 1 is 1.10 bits per heavy atom. The monoisotopic (exact) mass is 444 g/mol. The van der Waals surface area contributed by atoms with Gasteiger partial charge in [0.05, 0.1) is 24.8 Å². The van der Waals surface area contributed by atoms with E-state index in [9.17, 15) is 4.79 Å². The largest absolute Gasteiger partial charge is 0.378 e. The van der Waals surface area contributed by atoms with Gasteiger partial charge in [-0.05, 0) is 36.6 Å². The van der Waals surface area contributed by atoms with Crippen LogP contribution < -0.4 is 5.73 Å². The first-order valence-corrected chi connectivity index (χ1v) is 10.8. The van der Waals surface area contributed by atoms with Crippen LogP contribution >= 0.6 is 23.2 Å². The minimum atomic E-state index is -0.497. The Morgan fingerprint density at radius 2 is 1.83 bits per heavy atom. The first-order valence-electron chi connectivity index (χ1n) is 10.1. The summed E-state index contributed by atoms with van der Waals surface area (Å²) in [6.07, 6.45) is 1.76. The fraction of sp³-hybridized carbons (Fsp3) is 0.364. The second kappa shape index (κ2) is 7.85. The summed E-state index contributed by atoms with van der Waals surface area (Å²) >= 11 is 12.5. The Balaban J connectivity index is 1.44. The number of carbonyl (C=O) groups excluding carboxylic acids is 1. The summed E-state index contributed by atoms with van der Waals surface area (Å²) in [6.45, 7) is 2.09. The number of ether oxygens (including phenoxy) is 1. The molecule has 6 nitrogen and oxygen atoms in total. The van der Waals surface area contributed by atoms with Gasteiger partial charge in [0, 0.05) is 34.1 Å². The lowest BCUT2D eigenvalue weighted by molar-refractivity contribution is -0.0902. The number of amides is 1. The summed E-state index contributed by atoms with van der Waals surface area (Å²) < 4.78 is 7.86. The second-order valence-electron chi connectivity index (χ2n) is 8.05. The van der Waals surface area contributed by atoms with E-state index in [0.717, 1.165) is 35.9 Å². The zero-order chi connectivity index (χ0) is 20.8. The molecule has 0 radical (unpaired) electrons. The van der Waals surface area contributed by atoms with Gasteiger partial charge < -0.3 is 10.5 Å². The Kier molecular flexibility index (Phi) is 5.19. The molecule has 2 fully saturated rings. The number of benzene rings is 2. The fourth-order valence-electron chi connectivity index (χ4n) is 4.81. The van der Waals surface area contributed by atoms with Crippen LogP contribution in [-0.4, -0.2) is 45.9 Å². The van der Waals surface area contributed by atoms with E-state index in [4.69, 9.17) is 33.7 Å². The zero-order valence-corrected chi connectivity index (χ0v) is 17.8. The smallest absolute Gasteiger partial charge is 0.269 e. The van der Waals surface area contributed by atoms with Crippen LogP contribution in [0, 0.1) is 0 Å². The van der Waals surface area contributed by atoms with E-state index in [-0.39, 0.29) is 18.1 Å². The Labute approximate surface area is 184 Å². The number of halogens is 2. The van der Waals surface area contributed by atoms with Gasteiger partial charge in [0.25, 0.3) is 5.91 Å². The number of carbonyl (C=O) groups is 1. The standard InChI is InChI=1S/C22H22Cl2N4O2/c23-14-6-5-13(19(24)7-14)10-27-16-8-15(9-17(27)12-30-11-16)28-20-4-2-1-3-18(20)21(26-28)22(25)29/h1-7,15-17H,8-12H2,(H2,25,29). The highest BCUT2D eigenvalue weighted by atomic mass is 35.5. The van der Waals surface area contributed by atoms with Crippen molar-refractivity contribution in [2.24, 2.45) is 5.73 Å². The van der Waals surface area contributed by atoms with Crippen LogP contribution in [0.4, 0.5) is 0 Å². The summed E-state index contributed by atoms with van der Waals surface area (Å²) in [6, 6.07) is 14.1. The number of nitrogens with zero attached hydrogens (tertiary/aromatic N) is 3. The molecule has 2 N–H and O–H groups in total. The minimum Gasteiger partial charge on any atom is -0.378 e. The van der Waals surface area contributed by atoms with Gasteiger partial charge in [0.15, 0.2) is 5.69 Å². The Hall–Kier alpha value is -2.12. The summed E-state index contributed by atoms with van der Waals surface area (Å²) in [5, 5.41) is 6.76. The van der Waals surface area contributed by atoms with E-state index < -0.39 is 5.91 Å². The van der Waals surface area contributed by atoms with Gasteiger partial charge in [0.2, 0.25) is 0 Å². The van der Waals surface area contributed by atoms with E-state index >= 15 is 0 Å². The first kappa shape index (κ1) is 19.8. The number of morpholine rings is 1.